The van der Waals surface area contributed by atoms with Gasteiger partial charge in [-0.15, -0.1) is 11.8 Å². The van der Waals surface area contributed by atoms with Crippen molar-refractivity contribution >= 4 is 23.4 Å². The number of para-hydroxylation sites is 1. The summed E-state index contributed by atoms with van der Waals surface area (Å²) in [4.78, 5) is 17.2. The molecule has 1 N–H and O–H groups in total. The molecule has 2 aromatic heterocycles. The van der Waals surface area contributed by atoms with Gasteiger partial charge in [-0.25, -0.2) is 4.98 Å². The summed E-state index contributed by atoms with van der Waals surface area (Å²) in [5.41, 5.74) is 4.42. The van der Waals surface area contributed by atoms with E-state index in [1.165, 1.54) is 11.8 Å². The summed E-state index contributed by atoms with van der Waals surface area (Å²) in [6.07, 6.45) is 2.56. The van der Waals surface area contributed by atoms with E-state index in [2.05, 4.69) is 22.4 Å². The fourth-order valence-electron chi connectivity index (χ4n) is 2.67. The van der Waals surface area contributed by atoms with Crippen LogP contribution in [0.2, 0.25) is 0 Å². The molecule has 6 heteroatoms. The Labute approximate surface area is 157 Å². The van der Waals surface area contributed by atoms with Gasteiger partial charge < -0.3 is 9.84 Å². The lowest BCUT2D eigenvalue weighted by molar-refractivity contribution is 0.102. The maximum Gasteiger partial charge on any atom is 0.258 e. The molecule has 26 heavy (non-hydrogen) atoms. The summed E-state index contributed by atoms with van der Waals surface area (Å²) in [5.74, 6) is 1.30. The fourth-order valence-corrected chi connectivity index (χ4v) is 3.81. The van der Waals surface area contributed by atoms with Crippen molar-refractivity contribution in [1.82, 2.24) is 10.1 Å². The smallest absolute Gasteiger partial charge is 0.258 e. The number of aryl methyl sites for hydroxylation is 3. The van der Waals surface area contributed by atoms with E-state index in [0.717, 1.165) is 34.7 Å². The number of aromatic nitrogens is 2. The number of anilines is 1. The van der Waals surface area contributed by atoms with Crippen molar-refractivity contribution in [3.05, 3.63) is 70.7 Å². The van der Waals surface area contributed by atoms with E-state index in [1.807, 2.05) is 38.1 Å². The van der Waals surface area contributed by atoms with E-state index in [9.17, 15) is 4.79 Å². The number of pyridine rings is 1. The van der Waals surface area contributed by atoms with Gasteiger partial charge in [0.2, 0.25) is 0 Å². The highest BCUT2D eigenvalue weighted by atomic mass is 32.2. The molecular formula is C20H21N3O2S. The molecule has 134 valence electrons. The van der Waals surface area contributed by atoms with E-state index in [4.69, 9.17) is 4.52 Å². The number of nitrogens with zero attached hydrogens (tertiary/aromatic N) is 2. The van der Waals surface area contributed by atoms with Crippen LogP contribution in [0.25, 0.3) is 0 Å². The Morgan fingerprint density at radius 1 is 1.19 bits per heavy atom. The maximum absolute atomic E-state index is 12.8. The summed E-state index contributed by atoms with van der Waals surface area (Å²) < 4.78 is 5.20. The third-order valence-electron chi connectivity index (χ3n) is 4.20. The van der Waals surface area contributed by atoms with Crippen LogP contribution in [0.5, 0.6) is 0 Å². The van der Waals surface area contributed by atoms with Gasteiger partial charge in [0.25, 0.3) is 5.91 Å². The maximum atomic E-state index is 12.8. The Morgan fingerprint density at radius 3 is 2.73 bits per heavy atom. The van der Waals surface area contributed by atoms with Gasteiger partial charge in [0.05, 0.1) is 11.3 Å². The molecule has 3 rings (SSSR count). The number of amides is 1. The predicted octanol–water partition coefficient (Wildman–Crippen LogP) is 4.79. The van der Waals surface area contributed by atoms with Crippen LogP contribution in [0.1, 0.15) is 39.9 Å². The Bertz CT molecular complexity index is 901. The Morgan fingerprint density at radius 2 is 2.00 bits per heavy atom. The lowest BCUT2D eigenvalue weighted by atomic mass is 10.1. The van der Waals surface area contributed by atoms with Crippen LogP contribution in [-0.2, 0) is 12.2 Å². The van der Waals surface area contributed by atoms with E-state index in [0.29, 0.717) is 16.3 Å². The summed E-state index contributed by atoms with van der Waals surface area (Å²) in [6, 6.07) is 11.4. The molecule has 0 saturated carbocycles. The van der Waals surface area contributed by atoms with E-state index in [1.54, 1.807) is 18.3 Å². The minimum absolute atomic E-state index is 0.153. The molecule has 1 aromatic carbocycles. The Kier molecular flexibility index (Phi) is 5.73. The van der Waals surface area contributed by atoms with Crippen LogP contribution in [-0.4, -0.2) is 16.0 Å². The lowest BCUT2D eigenvalue weighted by Crippen LogP contribution is -2.14. The second-order valence-electron chi connectivity index (χ2n) is 5.91. The van der Waals surface area contributed by atoms with Crippen LogP contribution in [0.4, 0.5) is 5.69 Å². The fraction of sp³-hybridized carbons (Fsp3) is 0.250. The Hall–Kier alpha value is -2.60. The molecule has 0 radical (unpaired) electrons. The molecule has 3 aromatic rings. The predicted molar refractivity (Wildman–Crippen MR) is 104 cm³/mol. The van der Waals surface area contributed by atoms with Crippen molar-refractivity contribution in [3.63, 3.8) is 0 Å². The molecule has 0 aliphatic heterocycles. The molecule has 0 bridgehead atoms. The third kappa shape index (κ3) is 3.96. The zero-order chi connectivity index (χ0) is 18.5. The summed E-state index contributed by atoms with van der Waals surface area (Å²) in [6.45, 7) is 5.88. The van der Waals surface area contributed by atoms with Gasteiger partial charge in [-0.1, -0.05) is 30.3 Å². The first-order chi connectivity index (χ1) is 12.6. The second kappa shape index (κ2) is 8.19. The summed E-state index contributed by atoms with van der Waals surface area (Å²) >= 11 is 1.51. The average Bonchev–Trinajstić information content (AvgIpc) is 2.98. The van der Waals surface area contributed by atoms with Crippen molar-refractivity contribution in [3.8, 4) is 0 Å². The van der Waals surface area contributed by atoms with Crippen molar-refractivity contribution < 1.29 is 9.32 Å². The van der Waals surface area contributed by atoms with Crippen LogP contribution in [0, 0.1) is 13.8 Å². The minimum Gasteiger partial charge on any atom is -0.361 e. The van der Waals surface area contributed by atoms with E-state index < -0.39 is 0 Å². The van der Waals surface area contributed by atoms with Gasteiger partial charge in [-0.3, -0.25) is 4.79 Å². The molecule has 0 saturated heterocycles. The number of rotatable bonds is 6. The Balaban J connectivity index is 1.79. The highest BCUT2D eigenvalue weighted by molar-refractivity contribution is 7.98. The number of nitrogens with one attached hydrogen (secondary N) is 1. The molecular weight excluding hydrogens is 346 g/mol. The number of carbonyl (C=O) groups excluding carboxylic acids is 1. The van der Waals surface area contributed by atoms with Gasteiger partial charge in [0, 0.05) is 23.2 Å². The van der Waals surface area contributed by atoms with Crippen molar-refractivity contribution in [2.75, 3.05) is 5.32 Å². The van der Waals surface area contributed by atoms with Gasteiger partial charge in [-0.2, -0.15) is 0 Å². The first kappa shape index (κ1) is 18.2. The number of thioether (sulfide) groups is 1. The van der Waals surface area contributed by atoms with Crippen LogP contribution in [0.15, 0.2) is 52.1 Å². The highest BCUT2D eigenvalue weighted by Gasteiger charge is 2.16. The molecule has 1 amide bonds. The van der Waals surface area contributed by atoms with Gasteiger partial charge in [0.1, 0.15) is 10.8 Å². The largest absolute Gasteiger partial charge is 0.361 e. The summed E-state index contributed by atoms with van der Waals surface area (Å²) in [7, 11) is 0. The molecule has 0 fully saturated rings. The van der Waals surface area contributed by atoms with Gasteiger partial charge in [0.15, 0.2) is 0 Å². The number of carbonyl (C=O) groups is 1. The first-order valence-electron chi connectivity index (χ1n) is 8.49. The van der Waals surface area contributed by atoms with E-state index in [-0.39, 0.29) is 5.91 Å². The topological polar surface area (TPSA) is 68.0 Å². The van der Waals surface area contributed by atoms with E-state index >= 15 is 0 Å². The number of hydrogen-bond acceptors (Lipinski definition) is 5. The van der Waals surface area contributed by atoms with Gasteiger partial charge >= 0.3 is 0 Å². The lowest BCUT2D eigenvalue weighted by Gasteiger charge is -2.11. The quantitative estimate of drug-likeness (QED) is 0.634. The van der Waals surface area contributed by atoms with Crippen molar-refractivity contribution in [1.29, 1.82) is 0 Å². The molecule has 0 aliphatic rings. The monoisotopic (exact) mass is 367 g/mol. The first-order valence-corrected chi connectivity index (χ1v) is 9.47. The second-order valence-corrected chi connectivity index (χ2v) is 6.88. The molecule has 5 nitrogen and oxygen atoms in total. The summed E-state index contributed by atoms with van der Waals surface area (Å²) in [5, 5.41) is 7.68. The SMILES string of the molecule is CCc1ccccc1NC(=O)c1cccnc1SCc1c(C)noc1C. The third-order valence-corrected chi connectivity index (χ3v) is 5.23. The van der Waals surface area contributed by atoms with Crippen LogP contribution >= 0.6 is 11.8 Å². The average molecular weight is 367 g/mol. The molecule has 0 atom stereocenters. The van der Waals surface area contributed by atoms with Crippen molar-refractivity contribution in [2.24, 2.45) is 0 Å². The number of hydrogen-bond donors (Lipinski definition) is 1. The normalized spacial score (nSPS) is 10.7. The van der Waals surface area contributed by atoms with Crippen LogP contribution < -0.4 is 5.32 Å². The molecule has 2 heterocycles. The number of benzene rings is 1. The minimum atomic E-state index is -0.153. The standard InChI is InChI=1S/C20H21N3O2S/c1-4-15-8-5-6-10-18(15)22-19(24)16-9-7-11-21-20(16)26-12-17-13(2)23-25-14(17)3/h5-11H,4,12H2,1-3H3,(H,22,24). The van der Waals surface area contributed by atoms with Gasteiger partial charge in [-0.05, 0) is 44.0 Å². The zero-order valence-corrected chi connectivity index (χ0v) is 15.9. The van der Waals surface area contributed by atoms with Crippen molar-refractivity contribution in [2.45, 2.75) is 38.0 Å². The highest BCUT2D eigenvalue weighted by Crippen LogP contribution is 2.28. The zero-order valence-electron chi connectivity index (χ0n) is 15.1. The molecule has 0 spiro atoms. The molecule has 0 aliphatic carbocycles. The molecule has 0 unspecified atom stereocenters. The van der Waals surface area contributed by atoms with Crippen LogP contribution in [0.3, 0.4) is 0 Å².